The Morgan fingerprint density at radius 3 is 2.80 bits per heavy atom. The van der Waals surface area contributed by atoms with E-state index in [0.29, 0.717) is 17.0 Å². The summed E-state index contributed by atoms with van der Waals surface area (Å²) in [4.78, 5) is 0. The lowest BCUT2D eigenvalue weighted by Crippen LogP contribution is -2.26. The second-order valence-electron chi connectivity index (χ2n) is 3.34. The number of rotatable bonds is 6. The fourth-order valence-corrected chi connectivity index (χ4v) is 1.49. The maximum Gasteiger partial charge on any atom is 0.126 e. The van der Waals surface area contributed by atoms with E-state index >= 15 is 0 Å². The Bertz CT molecular complexity index is 305. The van der Waals surface area contributed by atoms with Gasteiger partial charge in [0.25, 0.3) is 0 Å². The Hall–Kier alpha value is -0.640. The van der Waals surface area contributed by atoms with Crippen LogP contribution in [0.25, 0.3) is 0 Å². The summed E-state index contributed by atoms with van der Waals surface area (Å²) < 4.78 is 13.2. The van der Waals surface area contributed by atoms with Crippen LogP contribution in [0.5, 0.6) is 0 Å². The molecule has 0 fully saturated rings. The van der Waals surface area contributed by atoms with Crippen molar-refractivity contribution in [2.24, 2.45) is 0 Å². The molecule has 0 saturated heterocycles. The molecule has 1 aromatic carbocycles. The highest BCUT2D eigenvalue weighted by molar-refractivity contribution is 6.30. The molecule has 0 aliphatic rings. The van der Waals surface area contributed by atoms with Crippen LogP contribution in [0.2, 0.25) is 5.02 Å². The fourth-order valence-electron chi connectivity index (χ4n) is 1.30. The van der Waals surface area contributed by atoms with Gasteiger partial charge in [0, 0.05) is 18.1 Å². The van der Waals surface area contributed by atoms with Gasteiger partial charge in [-0.1, -0.05) is 11.6 Å². The highest BCUT2D eigenvalue weighted by Gasteiger charge is 2.01. The average molecular weight is 231 g/mol. The minimum atomic E-state index is -0.185. The smallest absolute Gasteiger partial charge is 0.126 e. The standard InChI is InChI=1S/C11H16ClFN2/c1-14-6-7-15-5-4-9-8-10(12)2-3-11(9)13/h2-3,8,14-15H,4-7H2,1H3. The third kappa shape index (κ3) is 4.60. The quantitative estimate of drug-likeness (QED) is 0.729. The number of nitrogens with one attached hydrogen (secondary N) is 2. The second kappa shape index (κ2) is 6.77. The third-order valence-corrected chi connectivity index (χ3v) is 2.37. The highest BCUT2D eigenvalue weighted by Crippen LogP contribution is 2.14. The molecule has 2 N–H and O–H groups in total. The Balaban J connectivity index is 2.33. The average Bonchev–Trinajstić information content (AvgIpc) is 2.23. The van der Waals surface area contributed by atoms with E-state index in [1.54, 1.807) is 12.1 Å². The molecule has 0 aromatic heterocycles. The molecule has 84 valence electrons. The van der Waals surface area contributed by atoms with Crippen molar-refractivity contribution < 1.29 is 4.39 Å². The predicted molar refractivity (Wildman–Crippen MR) is 61.9 cm³/mol. The summed E-state index contributed by atoms with van der Waals surface area (Å²) in [5, 5.41) is 6.82. The van der Waals surface area contributed by atoms with Crippen LogP contribution in [0.15, 0.2) is 18.2 Å². The lowest BCUT2D eigenvalue weighted by atomic mass is 10.1. The molecule has 1 rings (SSSR count). The molecule has 15 heavy (non-hydrogen) atoms. The molecule has 0 amide bonds. The van der Waals surface area contributed by atoms with Gasteiger partial charge in [0.2, 0.25) is 0 Å². The topological polar surface area (TPSA) is 24.1 Å². The molecule has 0 bridgehead atoms. The lowest BCUT2D eigenvalue weighted by molar-refractivity contribution is 0.594. The summed E-state index contributed by atoms with van der Waals surface area (Å²) in [6.45, 7) is 2.57. The van der Waals surface area contributed by atoms with Crippen molar-refractivity contribution >= 4 is 11.6 Å². The Morgan fingerprint density at radius 1 is 1.27 bits per heavy atom. The normalized spacial score (nSPS) is 10.6. The molecular weight excluding hydrogens is 215 g/mol. The zero-order valence-corrected chi connectivity index (χ0v) is 9.57. The Labute approximate surface area is 94.8 Å². The van der Waals surface area contributed by atoms with Gasteiger partial charge in [-0.25, -0.2) is 4.39 Å². The molecule has 2 nitrogen and oxygen atoms in total. The fraction of sp³-hybridized carbons (Fsp3) is 0.455. The Kier molecular flexibility index (Phi) is 5.61. The summed E-state index contributed by atoms with van der Waals surface area (Å²) in [5.74, 6) is -0.185. The zero-order valence-electron chi connectivity index (χ0n) is 8.82. The molecule has 0 aliphatic heterocycles. The summed E-state index contributed by atoms with van der Waals surface area (Å²) in [5.41, 5.74) is 0.666. The van der Waals surface area contributed by atoms with Crippen molar-refractivity contribution in [2.45, 2.75) is 6.42 Å². The van der Waals surface area contributed by atoms with Crippen molar-refractivity contribution in [3.63, 3.8) is 0 Å². The van der Waals surface area contributed by atoms with Gasteiger partial charge in [-0.15, -0.1) is 0 Å². The minimum absolute atomic E-state index is 0.185. The lowest BCUT2D eigenvalue weighted by Gasteiger charge is -2.05. The number of hydrogen-bond donors (Lipinski definition) is 2. The van der Waals surface area contributed by atoms with Crippen molar-refractivity contribution in [3.8, 4) is 0 Å². The molecule has 0 saturated carbocycles. The van der Waals surface area contributed by atoms with E-state index in [4.69, 9.17) is 11.6 Å². The van der Waals surface area contributed by atoms with Gasteiger partial charge < -0.3 is 10.6 Å². The molecule has 0 heterocycles. The van der Waals surface area contributed by atoms with E-state index in [1.165, 1.54) is 6.07 Å². The van der Waals surface area contributed by atoms with E-state index in [9.17, 15) is 4.39 Å². The maximum atomic E-state index is 13.2. The van der Waals surface area contributed by atoms with E-state index < -0.39 is 0 Å². The molecule has 0 atom stereocenters. The van der Waals surface area contributed by atoms with Gasteiger partial charge in [-0.2, -0.15) is 0 Å². The first-order valence-corrected chi connectivity index (χ1v) is 5.41. The van der Waals surface area contributed by atoms with Crippen molar-refractivity contribution in [3.05, 3.63) is 34.6 Å². The maximum absolute atomic E-state index is 13.2. The SMILES string of the molecule is CNCCNCCc1cc(Cl)ccc1F. The predicted octanol–water partition coefficient (Wildman–Crippen LogP) is 1.83. The molecule has 0 aliphatic carbocycles. The summed E-state index contributed by atoms with van der Waals surface area (Å²) in [6, 6.07) is 4.65. The molecule has 0 unspecified atom stereocenters. The van der Waals surface area contributed by atoms with Gasteiger partial charge in [-0.05, 0) is 43.8 Å². The van der Waals surface area contributed by atoms with Crippen LogP contribution in [0, 0.1) is 5.82 Å². The first-order valence-electron chi connectivity index (χ1n) is 5.03. The van der Waals surface area contributed by atoms with Crippen LogP contribution in [0.1, 0.15) is 5.56 Å². The van der Waals surface area contributed by atoms with Gasteiger partial charge in [-0.3, -0.25) is 0 Å². The first kappa shape index (κ1) is 12.4. The largest absolute Gasteiger partial charge is 0.318 e. The number of likely N-dealkylation sites (N-methyl/N-ethyl adjacent to an activating group) is 1. The molecule has 4 heteroatoms. The summed E-state index contributed by atoms with van der Waals surface area (Å²) in [7, 11) is 1.90. The van der Waals surface area contributed by atoms with E-state index in [-0.39, 0.29) is 5.82 Å². The monoisotopic (exact) mass is 230 g/mol. The van der Waals surface area contributed by atoms with Gasteiger partial charge in [0.15, 0.2) is 0 Å². The minimum Gasteiger partial charge on any atom is -0.318 e. The van der Waals surface area contributed by atoms with Gasteiger partial charge in [0.1, 0.15) is 5.82 Å². The molecular formula is C11H16ClFN2. The van der Waals surface area contributed by atoms with Crippen molar-refractivity contribution in [2.75, 3.05) is 26.7 Å². The van der Waals surface area contributed by atoms with Crippen LogP contribution in [0.4, 0.5) is 4.39 Å². The van der Waals surface area contributed by atoms with Crippen molar-refractivity contribution in [1.82, 2.24) is 10.6 Å². The van der Waals surface area contributed by atoms with Crippen LogP contribution < -0.4 is 10.6 Å². The number of halogens is 2. The van der Waals surface area contributed by atoms with E-state index in [0.717, 1.165) is 19.6 Å². The van der Waals surface area contributed by atoms with Crippen LogP contribution in [-0.4, -0.2) is 26.7 Å². The molecule has 1 aromatic rings. The van der Waals surface area contributed by atoms with Crippen molar-refractivity contribution in [1.29, 1.82) is 0 Å². The van der Waals surface area contributed by atoms with Crippen LogP contribution in [0.3, 0.4) is 0 Å². The molecule has 0 radical (unpaired) electrons. The van der Waals surface area contributed by atoms with Gasteiger partial charge >= 0.3 is 0 Å². The second-order valence-corrected chi connectivity index (χ2v) is 3.78. The van der Waals surface area contributed by atoms with Crippen LogP contribution >= 0.6 is 11.6 Å². The Morgan fingerprint density at radius 2 is 2.07 bits per heavy atom. The number of hydrogen-bond acceptors (Lipinski definition) is 2. The zero-order chi connectivity index (χ0) is 11.1. The third-order valence-electron chi connectivity index (χ3n) is 2.13. The summed E-state index contributed by atoms with van der Waals surface area (Å²) >= 11 is 5.78. The molecule has 0 spiro atoms. The van der Waals surface area contributed by atoms with E-state index in [2.05, 4.69) is 10.6 Å². The first-order chi connectivity index (χ1) is 7.24. The van der Waals surface area contributed by atoms with E-state index in [1.807, 2.05) is 7.05 Å². The van der Waals surface area contributed by atoms with Crippen LogP contribution in [-0.2, 0) is 6.42 Å². The summed E-state index contributed by atoms with van der Waals surface area (Å²) in [6.07, 6.45) is 0.663. The highest BCUT2D eigenvalue weighted by atomic mass is 35.5. The number of benzene rings is 1. The van der Waals surface area contributed by atoms with Gasteiger partial charge in [0.05, 0.1) is 0 Å².